The maximum atomic E-state index is 10.9. The molecule has 0 saturated heterocycles. The molecular formula is C11H11NO3. The van der Waals surface area contributed by atoms with E-state index in [-0.39, 0.29) is 11.4 Å². The Bertz CT molecular complexity index is 554. The smallest absolute Gasteiger partial charge is 0.352 e. The highest BCUT2D eigenvalue weighted by molar-refractivity contribution is 5.98. The van der Waals surface area contributed by atoms with Gasteiger partial charge in [0.25, 0.3) is 0 Å². The van der Waals surface area contributed by atoms with Crippen molar-refractivity contribution in [3.05, 3.63) is 29.0 Å². The van der Waals surface area contributed by atoms with Gasteiger partial charge in [0.15, 0.2) is 0 Å². The number of hydrogen-bond acceptors (Lipinski definition) is 2. The SMILES string of the molecule is Cc1c(C(=O)O)[nH]c2c(C)cc(O)cc12. The minimum atomic E-state index is -0.984. The van der Waals surface area contributed by atoms with Crippen molar-refractivity contribution in [3.8, 4) is 5.75 Å². The minimum Gasteiger partial charge on any atom is -0.508 e. The molecule has 0 unspecified atom stereocenters. The van der Waals surface area contributed by atoms with Crippen molar-refractivity contribution in [1.29, 1.82) is 0 Å². The van der Waals surface area contributed by atoms with Gasteiger partial charge >= 0.3 is 5.97 Å². The first-order valence-corrected chi connectivity index (χ1v) is 4.56. The van der Waals surface area contributed by atoms with Crippen LogP contribution in [0.5, 0.6) is 5.75 Å². The molecule has 1 heterocycles. The molecule has 0 bridgehead atoms. The van der Waals surface area contributed by atoms with Crippen LogP contribution >= 0.6 is 0 Å². The van der Waals surface area contributed by atoms with Gasteiger partial charge in [-0.1, -0.05) is 0 Å². The number of aromatic carboxylic acids is 1. The van der Waals surface area contributed by atoms with Crippen LogP contribution in [0.1, 0.15) is 21.6 Å². The molecular weight excluding hydrogens is 194 g/mol. The Morgan fingerprint density at radius 2 is 2.00 bits per heavy atom. The van der Waals surface area contributed by atoms with E-state index in [2.05, 4.69) is 4.98 Å². The number of phenols is 1. The number of fused-ring (bicyclic) bond motifs is 1. The molecule has 15 heavy (non-hydrogen) atoms. The molecule has 0 fully saturated rings. The van der Waals surface area contributed by atoms with Gasteiger partial charge < -0.3 is 15.2 Å². The van der Waals surface area contributed by atoms with Crippen molar-refractivity contribution in [2.75, 3.05) is 0 Å². The zero-order valence-electron chi connectivity index (χ0n) is 8.46. The second kappa shape index (κ2) is 3.02. The zero-order chi connectivity index (χ0) is 11.2. The van der Waals surface area contributed by atoms with E-state index in [0.29, 0.717) is 5.56 Å². The monoisotopic (exact) mass is 205 g/mol. The van der Waals surface area contributed by atoms with Crippen molar-refractivity contribution >= 4 is 16.9 Å². The largest absolute Gasteiger partial charge is 0.508 e. The summed E-state index contributed by atoms with van der Waals surface area (Å²) in [5.41, 5.74) is 2.43. The number of aromatic amines is 1. The molecule has 1 aromatic carbocycles. The summed E-state index contributed by atoms with van der Waals surface area (Å²) < 4.78 is 0. The fourth-order valence-corrected chi connectivity index (χ4v) is 1.80. The van der Waals surface area contributed by atoms with Crippen LogP contribution in [-0.2, 0) is 0 Å². The number of carbonyl (C=O) groups is 1. The van der Waals surface area contributed by atoms with Crippen LogP contribution in [0.25, 0.3) is 10.9 Å². The Kier molecular flexibility index (Phi) is 1.93. The van der Waals surface area contributed by atoms with E-state index in [1.807, 2.05) is 6.92 Å². The third-order valence-electron chi connectivity index (χ3n) is 2.56. The number of phenolic OH excluding ortho intramolecular Hbond substituents is 1. The normalized spacial score (nSPS) is 10.8. The Hall–Kier alpha value is -1.97. The molecule has 78 valence electrons. The molecule has 0 amide bonds. The third kappa shape index (κ3) is 1.34. The lowest BCUT2D eigenvalue weighted by atomic mass is 10.1. The lowest BCUT2D eigenvalue weighted by Crippen LogP contribution is -1.98. The summed E-state index contributed by atoms with van der Waals surface area (Å²) in [7, 11) is 0. The molecule has 2 aromatic rings. The Balaban J connectivity index is 2.88. The maximum absolute atomic E-state index is 10.9. The number of carboxylic acid groups (broad SMARTS) is 1. The summed E-state index contributed by atoms with van der Waals surface area (Å²) in [5.74, 6) is -0.832. The molecule has 0 aliphatic rings. The van der Waals surface area contributed by atoms with Gasteiger partial charge in [-0.3, -0.25) is 0 Å². The Morgan fingerprint density at radius 1 is 1.33 bits per heavy atom. The van der Waals surface area contributed by atoms with E-state index in [1.165, 1.54) is 0 Å². The number of H-pyrrole nitrogens is 1. The van der Waals surface area contributed by atoms with E-state index in [9.17, 15) is 9.90 Å². The summed E-state index contributed by atoms with van der Waals surface area (Å²) >= 11 is 0. The first-order valence-electron chi connectivity index (χ1n) is 4.56. The van der Waals surface area contributed by atoms with Gasteiger partial charge in [-0.25, -0.2) is 4.79 Å². The lowest BCUT2D eigenvalue weighted by molar-refractivity contribution is 0.0691. The summed E-state index contributed by atoms with van der Waals surface area (Å²) in [4.78, 5) is 13.7. The van der Waals surface area contributed by atoms with Gasteiger partial charge in [0.05, 0.1) is 0 Å². The van der Waals surface area contributed by atoms with Crippen LogP contribution in [0.2, 0.25) is 0 Å². The van der Waals surface area contributed by atoms with Crippen molar-refractivity contribution in [2.24, 2.45) is 0 Å². The molecule has 1 aromatic heterocycles. The summed E-state index contributed by atoms with van der Waals surface area (Å²) in [5, 5.41) is 19.1. The molecule has 4 heteroatoms. The molecule has 2 rings (SSSR count). The number of rotatable bonds is 1. The highest BCUT2D eigenvalue weighted by atomic mass is 16.4. The predicted octanol–water partition coefficient (Wildman–Crippen LogP) is 2.19. The fraction of sp³-hybridized carbons (Fsp3) is 0.182. The molecule has 4 nitrogen and oxygen atoms in total. The highest BCUT2D eigenvalue weighted by Gasteiger charge is 2.15. The molecule has 0 atom stereocenters. The number of aromatic hydroxyl groups is 1. The van der Waals surface area contributed by atoms with Crippen LogP contribution in [0, 0.1) is 13.8 Å². The van der Waals surface area contributed by atoms with Crippen LogP contribution in [0.4, 0.5) is 0 Å². The number of benzene rings is 1. The van der Waals surface area contributed by atoms with Gasteiger partial charge in [0.1, 0.15) is 11.4 Å². The van der Waals surface area contributed by atoms with Crippen molar-refractivity contribution in [3.63, 3.8) is 0 Å². The fourth-order valence-electron chi connectivity index (χ4n) is 1.80. The van der Waals surface area contributed by atoms with Gasteiger partial charge in [-0.2, -0.15) is 0 Å². The van der Waals surface area contributed by atoms with Gasteiger partial charge in [-0.05, 0) is 37.1 Å². The molecule has 0 spiro atoms. The third-order valence-corrected chi connectivity index (χ3v) is 2.56. The van der Waals surface area contributed by atoms with E-state index >= 15 is 0 Å². The number of aromatic nitrogens is 1. The average Bonchev–Trinajstić information content (AvgIpc) is 2.44. The molecule has 0 aliphatic heterocycles. The molecule has 0 aliphatic carbocycles. The average molecular weight is 205 g/mol. The van der Waals surface area contributed by atoms with Crippen LogP contribution in [-0.4, -0.2) is 21.2 Å². The van der Waals surface area contributed by atoms with Crippen molar-refractivity contribution in [2.45, 2.75) is 13.8 Å². The number of nitrogens with one attached hydrogen (secondary N) is 1. The van der Waals surface area contributed by atoms with Crippen molar-refractivity contribution in [1.82, 2.24) is 4.98 Å². The first-order chi connectivity index (χ1) is 7.00. The maximum Gasteiger partial charge on any atom is 0.352 e. The van der Waals surface area contributed by atoms with Crippen LogP contribution < -0.4 is 0 Å². The quantitative estimate of drug-likeness (QED) is 0.668. The van der Waals surface area contributed by atoms with E-state index in [4.69, 9.17) is 5.11 Å². The molecule has 0 saturated carbocycles. The van der Waals surface area contributed by atoms with Gasteiger partial charge in [0, 0.05) is 10.9 Å². The second-order valence-corrected chi connectivity index (χ2v) is 3.62. The van der Waals surface area contributed by atoms with Gasteiger partial charge in [-0.15, -0.1) is 0 Å². The lowest BCUT2D eigenvalue weighted by Gasteiger charge is -1.98. The summed E-state index contributed by atoms with van der Waals surface area (Å²) in [6, 6.07) is 3.17. The van der Waals surface area contributed by atoms with E-state index < -0.39 is 5.97 Å². The van der Waals surface area contributed by atoms with Crippen molar-refractivity contribution < 1.29 is 15.0 Å². The molecule has 0 radical (unpaired) electrons. The topological polar surface area (TPSA) is 73.3 Å². The second-order valence-electron chi connectivity index (χ2n) is 3.62. The summed E-state index contributed by atoms with van der Waals surface area (Å²) in [6.07, 6.45) is 0. The predicted molar refractivity (Wildman–Crippen MR) is 56.4 cm³/mol. The molecule has 3 N–H and O–H groups in total. The minimum absolute atomic E-state index is 0.152. The number of aryl methyl sites for hydroxylation is 2. The highest BCUT2D eigenvalue weighted by Crippen LogP contribution is 2.28. The Morgan fingerprint density at radius 3 is 2.60 bits per heavy atom. The zero-order valence-corrected chi connectivity index (χ0v) is 8.46. The van der Waals surface area contributed by atoms with Crippen LogP contribution in [0.3, 0.4) is 0 Å². The van der Waals surface area contributed by atoms with E-state index in [1.54, 1.807) is 19.1 Å². The van der Waals surface area contributed by atoms with Crippen LogP contribution in [0.15, 0.2) is 12.1 Å². The number of hydrogen-bond donors (Lipinski definition) is 3. The standard InChI is InChI=1S/C11H11NO3/c1-5-3-7(13)4-8-6(2)10(11(14)15)12-9(5)8/h3-4,12-13H,1-2H3,(H,14,15). The van der Waals surface area contributed by atoms with E-state index in [0.717, 1.165) is 16.5 Å². The summed E-state index contributed by atoms with van der Waals surface area (Å²) in [6.45, 7) is 3.55. The van der Waals surface area contributed by atoms with Gasteiger partial charge in [0.2, 0.25) is 0 Å². The Labute approximate surface area is 86.2 Å². The first kappa shape index (κ1) is 9.58. The number of carboxylic acids is 1.